The van der Waals surface area contributed by atoms with E-state index in [1.807, 2.05) is 24.3 Å². The number of nitrogens with one attached hydrogen (secondary N) is 1. The first-order chi connectivity index (χ1) is 17.9. The van der Waals surface area contributed by atoms with Crippen molar-refractivity contribution in [3.05, 3.63) is 106 Å². The Hall–Kier alpha value is -2.29. The number of sulfonamides is 1. The van der Waals surface area contributed by atoms with E-state index in [4.69, 9.17) is 44.3 Å². The van der Waals surface area contributed by atoms with Gasteiger partial charge in [-0.15, -0.1) is 0 Å². The van der Waals surface area contributed by atoms with Crippen LogP contribution in [0.5, 0.6) is 23.0 Å². The van der Waals surface area contributed by atoms with Gasteiger partial charge in [-0.3, -0.25) is 14.8 Å². The first-order valence-electron chi connectivity index (χ1n) is 10.3. The second kappa shape index (κ2) is 11.8. The Labute approximate surface area is 254 Å². The summed E-state index contributed by atoms with van der Waals surface area (Å²) >= 11 is 24.2. The van der Waals surface area contributed by atoms with Gasteiger partial charge in [-0.2, -0.15) is 0 Å². The van der Waals surface area contributed by atoms with Crippen LogP contribution < -0.4 is 14.2 Å². The zero-order chi connectivity index (χ0) is 27.6. The molecule has 0 saturated carbocycles. The Bertz CT molecular complexity index is 1630. The highest BCUT2D eigenvalue weighted by Gasteiger charge is 2.21. The van der Waals surface area contributed by atoms with Crippen molar-refractivity contribution < 1.29 is 22.8 Å². The third kappa shape index (κ3) is 6.82. The van der Waals surface area contributed by atoms with Gasteiger partial charge in [-0.25, -0.2) is 8.42 Å². The number of halogens is 5. The smallest absolute Gasteiger partial charge is 0.271 e. The van der Waals surface area contributed by atoms with Crippen LogP contribution >= 0.6 is 73.3 Å². The van der Waals surface area contributed by atoms with Crippen molar-refractivity contribution >= 4 is 94.7 Å². The maximum absolute atomic E-state index is 13.0. The van der Waals surface area contributed by atoms with Crippen LogP contribution in [0.2, 0.25) is 15.1 Å². The first-order valence-corrected chi connectivity index (χ1v) is 14.8. The molecule has 0 unspecified atom stereocenters. The van der Waals surface area contributed by atoms with Gasteiger partial charge < -0.3 is 9.47 Å². The zero-order valence-corrected chi connectivity index (χ0v) is 25.5. The number of benzene rings is 4. The van der Waals surface area contributed by atoms with Crippen molar-refractivity contribution in [3.63, 3.8) is 0 Å². The number of nitro benzene ring substituents is 1. The van der Waals surface area contributed by atoms with Crippen LogP contribution in [-0.2, 0) is 10.0 Å². The van der Waals surface area contributed by atoms with Gasteiger partial charge in [0, 0.05) is 15.7 Å². The Balaban J connectivity index is 1.53. The van der Waals surface area contributed by atoms with E-state index in [9.17, 15) is 18.5 Å². The van der Waals surface area contributed by atoms with Crippen molar-refractivity contribution in [2.75, 3.05) is 4.72 Å². The van der Waals surface area contributed by atoms with Gasteiger partial charge in [0.1, 0.15) is 17.2 Å². The van der Waals surface area contributed by atoms with E-state index >= 15 is 0 Å². The molecule has 4 aromatic rings. The molecule has 0 aromatic heterocycles. The maximum atomic E-state index is 13.0. The molecule has 0 amide bonds. The van der Waals surface area contributed by atoms with Gasteiger partial charge in [-0.1, -0.05) is 34.8 Å². The normalized spacial score (nSPS) is 11.2. The summed E-state index contributed by atoms with van der Waals surface area (Å²) in [6.07, 6.45) is 0. The SMILES string of the molecule is O=[N+]([O-])c1ccc(Oc2c(Cl)cc(S(=O)(=O)Nc3ccc(Oc4ccc(I)cc4)c(Br)c3)cc2Cl)c(Cl)c1. The van der Waals surface area contributed by atoms with Gasteiger partial charge in [0.15, 0.2) is 5.75 Å². The standard InChI is InChI=1S/C24H13BrCl3IN2O6S/c25-18-9-14(3-7-22(18)36-16-5-1-13(29)2-6-16)30-38(34,35)17-11-20(27)24(21(28)12-17)37-23-8-4-15(31(32)33)10-19(23)26/h1-12,30H. The van der Waals surface area contributed by atoms with E-state index < -0.39 is 14.9 Å². The van der Waals surface area contributed by atoms with Crippen LogP contribution in [0.3, 0.4) is 0 Å². The maximum Gasteiger partial charge on any atom is 0.271 e. The predicted molar refractivity (Wildman–Crippen MR) is 159 cm³/mol. The number of non-ortho nitro benzene ring substituents is 1. The Morgan fingerprint density at radius 1 is 0.842 bits per heavy atom. The molecule has 0 atom stereocenters. The zero-order valence-electron chi connectivity index (χ0n) is 18.6. The lowest BCUT2D eigenvalue weighted by Gasteiger charge is -2.14. The van der Waals surface area contributed by atoms with Crippen LogP contribution in [0.15, 0.2) is 82.2 Å². The van der Waals surface area contributed by atoms with E-state index in [1.165, 1.54) is 12.1 Å². The van der Waals surface area contributed by atoms with E-state index in [-0.39, 0.29) is 42.8 Å². The number of nitro groups is 1. The summed E-state index contributed by atoms with van der Waals surface area (Å²) in [6, 6.07) is 18.1. The summed E-state index contributed by atoms with van der Waals surface area (Å²) in [5.41, 5.74) is 0.0326. The number of nitrogens with zero attached hydrogens (tertiary/aromatic N) is 1. The lowest BCUT2D eigenvalue weighted by Crippen LogP contribution is -2.13. The second-order valence-electron chi connectivity index (χ2n) is 7.50. The molecule has 0 saturated heterocycles. The summed E-state index contributed by atoms with van der Waals surface area (Å²) in [5.74, 6) is 1.10. The number of hydrogen-bond acceptors (Lipinski definition) is 6. The van der Waals surface area contributed by atoms with Crippen LogP contribution in [0.4, 0.5) is 11.4 Å². The van der Waals surface area contributed by atoms with Gasteiger partial charge in [0.05, 0.1) is 35.0 Å². The molecule has 0 aliphatic rings. The monoisotopic (exact) mass is 768 g/mol. The number of rotatable bonds is 8. The van der Waals surface area contributed by atoms with Crippen LogP contribution in [0, 0.1) is 13.7 Å². The largest absolute Gasteiger partial charge is 0.456 e. The summed E-state index contributed by atoms with van der Waals surface area (Å²) < 4.78 is 41.6. The fraction of sp³-hybridized carbons (Fsp3) is 0. The molecule has 0 aliphatic carbocycles. The average Bonchev–Trinajstić information content (AvgIpc) is 2.84. The summed E-state index contributed by atoms with van der Waals surface area (Å²) in [5, 5.41) is 10.6. The number of anilines is 1. The number of ether oxygens (including phenoxy) is 2. The van der Waals surface area contributed by atoms with Gasteiger partial charge in [-0.05, 0) is 99.2 Å². The van der Waals surface area contributed by atoms with Crippen molar-refractivity contribution in [1.82, 2.24) is 0 Å². The van der Waals surface area contributed by atoms with E-state index in [0.29, 0.717) is 16.0 Å². The molecular weight excluding hydrogens is 758 g/mol. The average molecular weight is 771 g/mol. The summed E-state index contributed by atoms with van der Waals surface area (Å²) in [7, 11) is -4.10. The molecule has 1 N–H and O–H groups in total. The highest BCUT2D eigenvalue weighted by molar-refractivity contribution is 14.1. The van der Waals surface area contributed by atoms with E-state index in [2.05, 4.69) is 43.2 Å². The lowest BCUT2D eigenvalue weighted by molar-refractivity contribution is -0.384. The fourth-order valence-corrected chi connectivity index (χ4v) is 5.90. The lowest BCUT2D eigenvalue weighted by atomic mass is 10.3. The molecular formula is C24H13BrCl3IN2O6S. The van der Waals surface area contributed by atoms with Crippen molar-refractivity contribution in [1.29, 1.82) is 0 Å². The van der Waals surface area contributed by atoms with Crippen LogP contribution in [0.1, 0.15) is 0 Å². The van der Waals surface area contributed by atoms with Crippen molar-refractivity contribution in [3.8, 4) is 23.0 Å². The van der Waals surface area contributed by atoms with Crippen LogP contribution in [-0.4, -0.2) is 13.3 Å². The van der Waals surface area contributed by atoms with E-state index in [0.717, 1.165) is 21.8 Å². The quantitative estimate of drug-likeness (QED) is 0.109. The number of hydrogen-bond donors (Lipinski definition) is 1. The molecule has 14 heteroatoms. The second-order valence-corrected chi connectivity index (χ2v) is 12.5. The molecule has 4 aromatic carbocycles. The first kappa shape index (κ1) is 28.7. The van der Waals surface area contributed by atoms with Gasteiger partial charge in [0.2, 0.25) is 0 Å². The van der Waals surface area contributed by atoms with Crippen molar-refractivity contribution in [2.24, 2.45) is 0 Å². The third-order valence-electron chi connectivity index (χ3n) is 4.85. The molecule has 8 nitrogen and oxygen atoms in total. The van der Waals surface area contributed by atoms with E-state index in [1.54, 1.807) is 18.2 Å². The highest BCUT2D eigenvalue weighted by atomic mass is 127. The van der Waals surface area contributed by atoms with Crippen molar-refractivity contribution in [2.45, 2.75) is 4.90 Å². The fourth-order valence-electron chi connectivity index (χ4n) is 3.08. The molecule has 38 heavy (non-hydrogen) atoms. The molecule has 0 aliphatic heterocycles. The minimum atomic E-state index is -4.10. The van der Waals surface area contributed by atoms with Gasteiger partial charge >= 0.3 is 0 Å². The van der Waals surface area contributed by atoms with Crippen LogP contribution in [0.25, 0.3) is 0 Å². The molecule has 0 spiro atoms. The summed E-state index contributed by atoms with van der Waals surface area (Å²) in [4.78, 5) is 10.1. The Morgan fingerprint density at radius 3 is 2.05 bits per heavy atom. The Kier molecular flexibility index (Phi) is 8.95. The van der Waals surface area contributed by atoms with Gasteiger partial charge in [0.25, 0.3) is 15.7 Å². The minimum Gasteiger partial charge on any atom is -0.456 e. The molecule has 4 rings (SSSR count). The highest BCUT2D eigenvalue weighted by Crippen LogP contribution is 2.41. The third-order valence-corrected chi connectivity index (χ3v) is 8.40. The molecule has 0 radical (unpaired) electrons. The summed E-state index contributed by atoms with van der Waals surface area (Å²) in [6.45, 7) is 0. The molecule has 0 bridgehead atoms. The minimum absolute atomic E-state index is 0.0483. The Morgan fingerprint density at radius 2 is 1.47 bits per heavy atom. The molecule has 0 heterocycles. The molecule has 196 valence electrons. The topological polar surface area (TPSA) is 108 Å². The molecule has 0 fully saturated rings. The predicted octanol–water partition coefficient (Wildman–Crippen LogP) is 9.31.